The number of carbonyl (C=O) groups is 2. The minimum atomic E-state index is -1.38. The number of nitrogens with zero attached hydrogens (tertiary/aromatic N) is 8. The monoisotopic (exact) mass is 702 g/mol. The number of nitroso groups, excluding NO2 is 1. The lowest BCUT2D eigenvalue weighted by Gasteiger charge is -2.36. The highest BCUT2D eigenvalue weighted by molar-refractivity contribution is 5.97. The number of ether oxygens (including phenoxy) is 1. The van der Waals surface area contributed by atoms with Crippen LogP contribution in [0.15, 0.2) is 46.6 Å². The summed E-state index contributed by atoms with van der Waals surface area (Å²) in [5.74, 6) is -3.15. The molecule has 5 heterocycles. The van der Waals surface area contributed by atoms with Gasteiger partial charge in [0.15, 0.2) is 17.3 Å². The first-order valence-electron chi connectivity index (χ1n) is 16.5. The van der Waals surface area contributed by atoms with Gasteiger partial charge in [-0.2, -0.15) is 0 Å². The lowest BCUT2D eigenvalue weighted by atomic mass is 9.92. The van der Waals surface area contributed by atoms with Crippen LogP contribution >= 0.6 is 0 Å². The lowest BCUT2D eigenvalue weighted by molar-refractivity contribution is -0.136. The third-order valence-corrected chi connectivity index (χ3v) is 10.3. The number of anilines is 1. The molecule has 2 aromatic carbocycles. The number of pyridine rings is 1. The maximum atomic E-state index is 16.0. The van der Waals surface area contributed by atoms with Gasteiger partial charge in [-0.3, -0.25) is 9.59 Å². The van der Waals surface area contributed by atoms with Crippen molar-refractivity contribution >= 4 is 45.1 Å². The van der Waals surface area contributed by atoms with Gasteiger partial charge < -0.3 is 33.9 Å². The van der Waals surface area contributed by atoms with Gasteiger partial charge in [0.2, 0.25) is 17.2 Å². The van der Waals surface area contributed by atoms with Crippen LogP contribution in [-0.2, 0) is 17.9 Å². The number of hydrogen-bond donors (Lipinski definition) is 2. The van der Waals surface area contributed by atoms with Crippen molar-refractivity contribution in [3.8, 4) is 11.6 Å². The van der Waals surface area contributed by atoms with E-state index in [1.807, 2.05) is 4.90 Å². The zero-order valence-electron chi connectivity index (χ0n) is 27.3. The van der Waals surface area contributed by atoms with E-state index in [-0.39, 0.29) is 64.9 Å². The summed E-state index contributed by atoms with van der Waals surface area (Å²) in [6.07, 6.45) is 6.01. The van der Waals surface area contributed by atoms with E-state index in [0.29, 0.717) is 36.4 Å². The number of aromatic nitrogens is 5. The Labute approximate surface area is 287 Å². The Morgan fingerprint density at radius 2 is 1.90 bits per heavy atom. The molecule has 0 unspecified atom stereocenters. The van der Waals surface area contributed by atoms with Crippen LogP contribution in [-0.4, -0.2) is 83.9 Å². The van der Waals surface area contributed by atoms with Crippen molar-refractivity contribution in [1.82, 2.24) is 29.0 Å². The van der Waals surface area contributed by atoms with Crippen LogP contribution in [0.5, 0.6) is 11.6 Å². The van der Waals surface area contributed by atoms with Crippen molar-refractivity contribution in [3.63, 3.8) is 0 Å². The van der Waals surface area contributed by atoms with Gasteiger partial charge in [0.1, 0.15) is 29.3 Å². The van der Waals surface area contributed by atoms with Gasteiger partial charge in [0, 0.05) is 37.3 Å². The second-order valence-electron chi connectivity index (χ2n) is 13.3. The van der Waals surface area contributed by atoms with Gasteiger partial charge in [-0.15, -0.1) is 10.0 Å². The molecule has 51 heavy (non-hydrogen) atoms. The average Bonchev–Trinajstić information content (AvgIpc) is 3.61. The fraction of sp³-hybridized carbons (Fsp3) is 0.382. The molecule has 8 rings (SSSR count). The van der Waals surface area contributed by atoms with Crippen molar-refractivity contribution in [2.24, 2.45) is 11.1 Å². The number of methoxy groups -OCH3 is 1. The number of carboxylic acids is 1. The number of aromatic carboxylic acids is 1. The van der Waals surface area contributed by atoms with Gasteiger partial charge in [-0.05, 0) is 61.0 Å². The predicted molar refractivity (Wildman–Crippen MR) is 179 cm³/mol. The smallest absolute Gasteiger partial charge is 0.341 e. The molecule has 0 spiro atoms. The van der Waals surface area contributed by atoms with E-state index in [2.05, 4.69) is 15.5 Å². The number of carboxylic acid groups (broad SMARTS) is 1. The maximum Gasteiger partial charge on any atom is 0.341 e. The molecule has 3 aromatic heterocycles. The molecular weight excluding hydrogens is 670 g/mol. The van der Waals surface area contributed by atoms with E-state index >= 15 is 4.39 Å². The number of carbonyl (C=O) groups excluding carboxylic acids is 1. The molecule has 15 nitrogen and oxygen atoms in total. The maximum absolute atomic E-state index is 16.0. The Bertz CT molecular complexity index is 2330. The van der Waals surface area contributed by atoms with Crippen molar-refractivity contribution in [2.75, 3.05) is 31.6 Å². The minimum absolute atomic E-state index is 0.0214. The molecule has 3 aliphatic rings. The number of halogens is 2. The molecule has 5 aromatic rings. The quantitative estimate of drug-likeness (QED) is 0.212. The topological polar surface area (TPSA) is 177 Å². The van der Waals surface area contributed by atoms with Gasteiger partial charge in [-0.1, -0.05) is 5.21 Å². The Morgan fingerprint density at radius 1 is 1.10 bits per heavy atom. The van der Waals surface area contributed by atoms with E-state index in [9.17, 15) is 33.9 Å². The largest absolute Gasteiger partial charge is 0.493 e. The van der Waals surface area contributed by atoms with Gasteiger partial charge in [0.05, 0.1) is 42.3 Å². The SMILES string of the molecule is COc1c(N2C[C@H]3CCCN(C(=O)Cn4cc(Cn5c(O)c(N=O)c6cc(F)ccc65)nn4)[C@H]3C2)c(F)cc2c(=O)c(C(=O)O)cn(C3CC3)c12. The summed E-state index contributed by atoms with van der Waals surface area (Å²) >= 11 is 0. The Balaban J connectivity index is 1.04. The van der Waals surface area contributed by atoms with E-state index in [1.165, 1.54) is 34.7 Å². The normalized spacial score (nSPS) is 18.8. The van der Waals surface area contributed by atoms with Crippen molar-refractivity contribution < 1.29 is 33.3 Å². The standard InChI is InChI=1S/C34H32F2N8O7/c1-51-32-29-22(31(46)23(34(48)49)14-43(29)20-5-6-20)10-24(36)30(32)40-11-17-3-2-8-42(26(17)15-40)27(45)16-41-12-19(37-39-41)13-44-25-7-4-18(35)9-21(25)28(38-50)33(44)47/h4,7,9-10,12,14,17,20,26,47H,2-3,5-6,8,11,13,15-16H2,1H3,(H,48,49)/t17-,26+/m1/s1. The molecular formula is C34H32F2N8O7. The molecule has 2 N–H and O–H groups in total. The molecule has 0 radical (unpaired) electrons. The van der Waals surface area contributed by atoms with Crippen LogP contribution in [0.3, 0.4) is 0 Å². The molecule has 2 saturated heterocycles. The summed E-state index contributed by atoms with van der Waals surface area (Å²) in [5.41, 5.74) is -0.230. The fourth-order valence-corrected chi connectivity index (χ4v) is 7.82. The summed E-state index contributed by atoms with van der Waals surface area (Å²) in [7, 11) is 1.40. The minimum Gasteiger partial charge on any atom is -0.493 e. The molecule has 1 aliphatic carbocycles. The first kappa shape index (κ1) is 32.3. The summed E-state index contributed by atoms with van der Waals surface area (Å²) in [6.45, 7) is 1.09. The van der Waals surface area contributed by atoms with E-state index in [0.717, 1.165) is 37.8 Å². The Morgan fingerprint density at radius 3 is 2.63 bits per heavy atom. The average molecular weight is 703 g/mol. The van der Waals surface area contributed by atoms with Crippen LogP contribution < -0.4 is 15.1 Å². The molecule has 0 bridgehead atoms. The highest BCUT2D eigenvalue weighted by atomic mass is 19.1. The molecule has 2 atom stereocenters. The van der Waals surface area contributed by atoms with Gasteiger partial charge in [0.25, 0.3) is 0 Å². The van der Waals surface area contributed by atoms with Gasteiger partial charge in [-0.25, -0.2) is 18.3 Å². The summed E-state index contributed by atoms with van der Waals surface area (Å²) in [6, 6.07) is 4.55. The number of benzene rings is 2. The zero-order valence-corrected chi connectivity index (χ0v) is 27.3. The van der Waals surface area contributed by atoms with Crippen molar-refractivity contribution in [2.45, 2.75) is 50.9 Å². The zero-order chi connectivity index (χ0) is 35.7. The van der Waals surface area contributed by atoms with Crippen LogP contribution in [0.4, 0.5) is 20.2 Å². The second-order valence-corrected chi connectivity index (χ2v) is 13.3. The Kier molecular flexibility index (Phi) is 7.72. The fourth-order valence-electron chi connectivity index (χ4n) is 7.82. The number of hydrogen-bond acceptors (Lipinski definition) is 10. The summed E-state index contributed by atoms with van der Waals surface area (Å²) in [4.78, 5) is 53.8. The van der Waals surface area contributed by atoms with Crippen LogP contribution in [0, 0.1) is 22.5 Å². The predicted octanol–water partition coefficient (Wildman–Crippen LogP) is 4.15. The highest BCUT2D eigenvalue weighted by Crippen LogP contribution is 2.46. The summed E-state index contributed by atoms with van der Waals surface area (Å²) < 4.78 is 40.1. The molecule has 1 amide bonds. The molecule has 17 heteroatoms. The van der Waals surface area contributed by atoms with Crippen molar-refractivity contribution in [1.29, 1.82) is 0 Å². The van der Waals surface area contributed by atoms with E-state index < -0.39 is 34.5 Å². The van der Waals surface area contributed by atoms with E-state index in [4.69, 9.17) is 4.74 Å². The van der Waals surface area contributed by atoms with Crippen LogP contribution in [0.25, 0.3) is 21.8 Å². The van der Waals surface area contributed by atoms with Crippen LogP contribution in [0.1, 0.15) is 47.8 Å². The van der Waals surface area contributed by atoms with Crippen LogP contribution in [0.2, 0.25) is 0 Å². The molecule has 3 fully saturated rings. The highest BCUT2D eigenvalue weighted by Gasteiger charge is 2.43. The number of rotatable bonds is 9. The van der Waals surface area contributed by atoms with Gasteiger partial charge >= 0.3 is 5.97 Å². The first-order chi connectivity index (χ1) is 24.6. The summed E-state index contributed by atoms with van der Waals surface area (Å²) in [5, 5.41) is 31.5. The number of piperidine rings is 1. The number of likely N-dealkylation sites (tertiary alicyclic amines) is 1. The lowest BCUT2D eigenvalue weighted by Crippen LogP contribution is -2.49. The first-order valence-corrected chi connectivity index (χ1v) is 16.5. The van der Waals surface area contributed by atoms with Crippen molar-refractivity contribution in [3.05, 3.63) is 74.7 Å². The molecule has 2 aliphatic heterocycles. The Hall–Kier alpha value is -5.87. The number of amides is 1. The third kappa shape index (κ3) is 5.34. The number of aromatic hydroxyl groups is 1. The van der Waals surface area contributed by atoms with E-state index in [1.54, 1.807) is 15.7 Å². The third-order valence-electron chi connectivity index (χ3n) is 10.3. The second kappa shape index (κ2) is 12.2. The molecule has 1 saturated carbocycles. The number of fused-ring (bicyclic) bond motifs is 3. The molecule has 264 valence electrons.